The summed E-state index contributed by atoms with van der Waals surface area (Å²) in [5.74, 6) is 0.632. The molecule has 0 aromatic heterocycles. The maximum absolute atomic E-state index is 5.87. The highest BCUT2D eigenvalue weighted by molar-refractivity contribution is 9.10. The second-order valence-electron chi connectivity index (χ2n) is 3.73. The lowest BCUT2D eigenvalue weighted by Gasteiger charge is -2.12. The van der Waals surface area contributed by atoms with Gasteiger partial charge < -0.3 is 10.1 Å². The van der Waals surface area contributed by atoms with E-state index in [-0.39, 0.29) is 0 Å². The second kappa shape index (κ2) is 5.19. The van der Waals surface area contributed by atoms with Gasteiger partial charge in [0.05, 0.1) is 6.61 Å². The molecule has 82 valence electrons. The zero-order valence-corrected chi connectivity index (χ0v) is 10.6. The monoisotopic (exact) mass is 289 g/mol. The Labute approximate surface area is 103 Å². The summed E-state index contributed by atoms with van der Waals surface area (Å²) in [5, 5.41) is 4.14. The van der Waals surface area contributed by atoms with Gasteiger partial charge in [-0.1, -0.05) is 11.6 Å². The highest BCUT2D eigenvalue weighted by Crippen LogP contribution is 2.26. The van der Waals surface area contributed by atoms with Crippen LogP contribution in [-0.2, 0) is 4.74 Å². The summed E-state index contributed by atoms with van der Waals surface area (Å²) < 4.78 is 6.33. The lowest BCUT2D eigenvalue weighted by molar-refractivity contribution is 0.187. The molecular weight excluding hydrogens is 277 g/mol. The number of anilines is 1. The molecule has 4 heteroatoms. The number of rotatable bonds is 3. The van der Waals surface area contributed by atoms with E-state index in [2.05, 4.69) is 21.2 Å². The predicted molar refractivity (Wildman–Crippen MR) is 66.6 cm³/mol. The molecule has 0 radical (unpaired) electrons. The van der Waals surface area contributed by atoms with Crippen LogP contribution < -0.4 is 5.32 Å². The second-order valence-corrected chi connectivity index (χ2v) is 5.03. The van der Waals surface area contributed by atoms with Crippen LogP contribution in [0.2, 0.25) is 5.02 Å². The van der Waals surface area contributed by atoms with Crippen molar-refractivity contribution in [1.82, 2.24) is 0 Å². The molecule has 1 heterocycles. The third kappa shape index (κ3) is 3.10. The number of hydrogen-bond donors (Lipinski definition) is 1. The van der Waals surface area contributed by atoms with E-state index in [1.54, 1.807) is 0 Å². The number of hydrogen-bond acceptors (Lipinski definition) is 2. The minimum absolute atomic E-state index is 0.632. The molecule has 1 N–H and O–H groups in total. The van der Waals surface area contributed by atoms with Crippen molar-refractivity contribution >= 4 is 33.2 Å². The Balaban J connectivity index is 1.92. The average Bonchev–Trinajstić information content (AvgIpc) is 2.69. The molecule has 1 aliphatic rings. The van der Waals surface area contributed by atoms with E-state index in [9.17, 15) is 0 Å². The number of nitrogens with one attached hydrogen (secondary N) is 1. The first-order valence-corrected chi connectivity index (χ1v) is 6.19. The van der Waals surface area contributed by atoms with Crippen LogP contribution >= 0.6 is 27.5 Å². The van der Waals surface area contributed by atoms with Crippen molar-refractivity contribution in [2.75, 3.05) is 25.1 Å². The fraction of sp³-hybridized carbons (Fsp3) is 0.455. The number of ether oxygens (including phenoxy) is 1. The first-order valence-electron chi connectivity index (χ1n) is 5.02. The van der Waals surface area contributed by atoms with Crippen LogP contribution in [0.3, 0.4) is 0 Å². The zero-order chi connectivity index (χ0) is 10.7. The summed E-state index contributed by atoms with van der Waals surface area (Å²) in [6.45, 7) is 2.73. The molecule has 1 aliphatic heterocycles. The van der Waals surface area contributed by atoms with E-state index < -0.39 is 0 Å². The zero-order valence-electron chi connectivity index (χ0n) is 8.30. The molecule has 1 saturated heterocycles. The van der Waals surface area contributed by atoms with E-state index in [1.807, 2.05) is 18.2 Å². The molecule has 15 heavy (non-hydrogen) atoms. The lowest BCUT2D eigenvalue weighted by Crippen LogP contribution is -2.14. The van der Waals surface area contributed by atoms with Crippen LogP contribution in [0.5, 0.6) is 0 Å². The Morgan fingerprint density at radius 3 is 3.07 bits per heavy atom. The molecule has 1 aromatic rings. The molecule has 0 amide bonds. The topological polar surface area (TPSA) is 21.3 Å². The largest absolute Gasteiger partial charge is 0.384 e. The van der Waals surface area contributed by atoms with Crippen LogP contribution in [0.1, 0.15) is 6.42 Å². The summed E-state index contributed by atoms with van der Waals surface area (Å²) in [4.78, 5) is 0. The van der Waals surface area contributed by atoms with E-state index >= 15 is 0 Å². The maximum Gasteiger partial charge on any atom is 0.0511 e. The van der Waals surface area contributed by atoms with Crippen molar-refractivity contribution < 1.29 is 4.74 Å². The standard InChI is InChI=1S/C11H13BrClNO/c12-10-5-9(13)1-2-11(10)14-6-8-3-4-15-7-8/h1-2,5,8,14H,3-4,6-7H2. The lowest BCUT2D eigenvalue weighted by atomic mass is 10.1. The van der Waals surface area contributed by atoms with Crippen LogP contribution in [0.25, 0.3) is 0 Å². The first-order chi connectivity index (χ1) is 7.25. The summed E-state index contributed by atoms with van der Waals surface area (Å²) in [5.41, 5.74) is 1.09. The fourth-order valence-electron chi connectivity index (χ4n) is 1.63. The highest BCUT2D eigenvalue weighted by atomic mass is 79.9. The first kappa shape index (κ1) is 11.2. The van der Waals surface area contributed by atoms with Gasteiger partial charge >= 0.3 is 0 Å². The highest BCUT2D eigenvalue weighted by Gasteiger charge is 2.15. The van der Waals surface area contributed by atoms with Crippen molar-refractivity contribution in [1.29, 1.82) is 0 Å². The van der Waals surface area contributed by atoms with E-state index in [1.165, 1.54) is 0 Å². The molecule has 0 aliphatic carbocycles. The molecule has 2 rings (SSSR count). The van der Waals surface area contributed by atoms with Crippen molar-refractivity contribution in [2.45, 2.75) is 6.42 Å². The molecule has 0 saturated carbocycles. The van der Waals surface area contributed by atoms with Crippen molar-refractivity contribution in [2.24, 2.45) is 5.92 Å². The van der Waals surface area contributed by atoms with Gasteiger partial charge in [0, 0.05) is 34.3 Å². The average molecular weight is 291 g/mol. The van der Waals surface area contributed by atoms with Crippen molar-refractivity contribution in [3.63, 3.8) is 0 Å². The van der Waals surface area contributed by atoms with Gasteiger partial charge in [-0.25, -0.2) is 0 Å². The summed E-state index contributed by atoms with van der Waals surface area (Å²) in [6.07, 6.45) is 1.15. The Kier molecular flexibility index (Phi) is 3.89. The van der Waals surface area contributed by atoms with Crippen LogP contribution in [0.15, 0.2) is 22.7 Å². The number of benzene rings is 1. The Bertz CT molecular complexity index is 339. The SMILES string of the molecule is Clc1ccc(NCC2CCOC2)c(Br)c1. The molecular formula is C11H13BrClNO. The molecule has 1 aromatic carbocycles. The minimum atomic E-state index is 0.632. The van der Waals surface area contributed by atoms with E-state index in [0.29, 0.717) is 5.92 Å². The van der Waals surface area contributed by atoms with Gasteiger partial charge in [0.1, 0.15) is 0 Å². The smallest absolute Gasteiger partial charge is 0.0511 e. The van der Waals surface area contributed by atoms with Gasteiger partial charge in [0.25, 0.3) is 0 Å². The Hall–Kier alpha value is -0.250. The van der Waals surface area contributed by atoms with Crippen molar-refractivity contribution in [3.05, 3.63) is 27.7 Å². The minimum Gasteiger partial charge on any atom is -0.384 e. The van der Waals surface area contributed by atoms with Gasteiger partial charge in [-0.2, -0.15) is 0 Å². The maximum atomic E-state index is 5.87. The van der Waals surface area contributed by atoms with Gasteiger partial charge in [-0.3, -0.25) is 0 Å². The third-order valence-corrected chi connectivity index (χ3v) is 3.43. The van der Waals surface area contributed by atoms with Crippen molar-refractivity contribution in [3.8, 4) is 0 Å². The van der Waals surface area contributed by atoms with Gasteiger partial charge in [-0.05, 0) is 40.5 Å². The van der Waals surface area contributed by atoms with Gasteiger partial charge in [0.2, 0.25) is 0 Å². The van der Waals surface area contributed by atoms with Gasteiger partial charge in [0.15, 0.2) is 0 Å². The van der Waals surface area contributed by atoms with Crippen LogP contribution in [-0.4, -0.2) is 19.8 Å². The Morgan fingerprint density at radius 1 is 1.53 bits per heavy atom. The van der Waals surface area contributed by atoms with Crippen LogP contribution in [0.4, 0.5) is 5.69 Å². The van der Waals surface area contributed by atoms with Gasteiger partial charge in [-0.15, -0.1) is 0 Å². The molecule has 0 bridgehead atoms. The predicted octanol–water partition coefficient (Wildman–Crippen LogP) is 3.55. The molecule has 0 spiro atoms. The molecule has 1 atom stereocenters. The normalized spacial score (nSPS) is 20.5. The number of halogens is 2. The van der Waals surface area contributed by atoms with E-state index in [4.69, 9.17) is 16.3 Å². The molecule has 2 nitrogen and oxygen atoms in total. The third-order valence-electron chi connectivity index (χ3n) is 2.54. The Morgan fingerprint density at radius 2 is 2.40 bits per heavy atom. The summed E-state index contributed by atoms with van der Waals surface area (Å²) in [7, 11) is 0. The summed E-state index contributed by atoms with van der Waals surface area (Å²) in [6, 6.07) is 5.77. The molecule has 1 fully saturated rings. The van der Waals surface area contributed by atoms with Crippen LogP contribution in [0, 0.1) is 5.92 Å². The van der Waals surface area contributed by atoms with E-state index in [0.717, 1.165) is 41.4 Å². The fourth-order valence-corrected chi connectivity index (χ4v) is 2.45. The molecule has 1 unspecified atom stereocenters. The summed E-state index contributed by atoms with van der Waals surface area (Å²) >= 11 is 9.34. The quantitative estimate of drug-likeness (QED) is 0.919.